The molecule has 0 aromatic heterocycles. The number of fused-ring (bicyclic) bond motifs is 1. The Morgan fingerprint density at radius 3 is 2.53 bits per heavy atom. The molecule has 1 unspecified atom stereocenters. The van der Waals surface area contributed by atoms with Gasteiger partial charge in [-0.25, -0.2) is 5.11 Å². The number of benzene rings is 2. The first-order valence-electron chi connectivity index (χ1n) is 6.42. The maximum Gasteiger partial charge on any atom is 0.0828 e. The summed E-state index contributed by atoms with van der Waals surface area (Å²) in [6.45, 7) is 2.21. The van der Waals surface area contributed by atoms with E-state index in [-0.39, 0.29) is 6.61 Å². The lowest BCUT2D eigenvalue weighted by Crippen LogP contribution is -2.01. The van der Waals surface area contributed by atoms with Crippen LogP contribution in [0.3, 0.4) is 0 Å². The fourth-order valence-corrected chi connectivity index (χ4v) is 2.55. The summed E-state index contributed by atoms with van der Waals surface area (Å²) >= 11 is 0. The normalized spacial score (nSPS) is 12.8. The monoisotopic (exact) mass is 227 g/mol. The largest absolute Gasteiger partial charge is 0.237 e. The summed E-state index contributed by atoms with van der Waals surface area (Å²) in [4.78, 5) is 0. The number of rotatable bonds is 5. The summed E-state index contributed by atoms with van der Waals surface area (Å²) in [6, 6.07) is 14.9. The van der Waals surface area contributed by atoms with Crippen LogP contribution in [-0.2, 0) is 5.11 Å². The predicted molar refractivity (Wildman–Crippen MR) is 71.8 cm³/mol. The molecular formula is C16H19O. The summed E-state index contributed by atoms with van der Waals surface area (Å²) in [6.07, 6.45) is 2.99. The van der Waals surface area contributed by atoms with Gasteiger partial charge in [0, 0.05) is 0 Å². The standard InChI is InChI=1S/C16H19O/c1-2-6-13(11-12-17)16-10-5-8-14-7-3-4-9-15(14)16/h3-5,7-10,13H,2,6,11-12H2,1H3. The molecule has 0 amide bonds. The molecule has 0 bridgehead atoms. The van der Waals surface area contributed by atoms with Gasteiger partial charge in [0.15, 0.2) is 0 Å². The Kier molecular flexibility index (Phi) is 4.16. The topological polar surface area (TPSA) is 19.9 Å². The molecule has 1 nitrogen and oxygen atoms in total. The van der Waals surface area contributed by atoms with E-state index in [1.165, 1.54) is 16.3 Å². The minimum Gasteiger partial charge on any atom is -0.237 e. The second-order valence-corrected chi connectivity index (χ2v) is 4.55. The van der Waals surface area contributed by atoms with Crippen LogP contribution in [0.5, 0.6) is 0 Å². The molecule has 0 saturated heterocycles. The summed E-state index contributed by atoms with van der Waals surface area (Å²) < 4.78 is 0. The second kappa shape index (κ2) is 5.83. The van der Waals surface area contributed by atoms with E-state index in [1.807, 2.05) is 0 Å². The van der Waals surface area contributed by atoms with E-state index in [4.69, 9.17) is 0 Å². The van der Waals surface area contributed by atoms with Crippen molar-refractivity contribution in [1.29, 1.82) is 0 Å². The molecule has 0 fully saturated rings. The molecule has 2 rings (SSSR count). The van der Waals surface area contributed by atoms with Gasteiger partial charge in [-0.1, -0.05) is 55.8 Å². The Balaban J connectivity index is 2.44. The molecule has 0 spiro atoms. The highest BCUT2D eigenvalue weighted by Gasteiger charge is 2.12. The average Bonchev–Trinajstić information content (AvgIpc) is 2.38. The van der Waals surface area contributed by atoms with Gasteiger partial charge >= 0.3 is 0 Å². The highest BCUT2D eigenvalue weighted by atomic mass is 16.3. The predicted octanol–water partition coefficient (Wildman–Crippen LogP) is 4.54. The van der Waals surface area contributed by atoms with Gasteiger partial charge in [0.2, 0.25) is 0 Å². The number of hydrogen-bond acceptors (Lipinski definition) is 0. The third kappa shape index (κ3) is 2.67. The van der Waals surface area contributed by atoms with E-state index in [2.05, 4.69) is 49.4 Å². The highest BCUT2D eigenvalue weighted by molar-refractivity contribution is 5.86. The summed E-state index contributed by atoms with van der Waals surface area (Å²) in [5.74, 6) is 0.420. The molecule has 0 aliphatic heterocycles. The smallest absolute Gasteiger partial charge is 0.0828 e. The molecule has 0 saturated carbocycles. The Morgan fingerprint density at radius 1 is 1.00 bits per heavy atom. The first kappa shape index (κ1) is 12.1. The third-order valence-corrected chi connectivity index (χ3v) is 3.37. The lowest BCUT2D eigenvalue weighted by molar-refractivity contribution is 0.180. The van der Waals surface area contributed by atoms with Crippen LogP contribution in [0.25, 0.3) is 10.8 Å². The Hall–Kier alpha value is -1.34. The lowest BCUT2D eigenvalue weighted by atomic mass is 9.88. The molecule has 1 heteroatoms. The van der Waals surface area contributed by atoms with Gasteiger partial charge in [0.05, 0.1) is 6.61 Å². The minimum absolute atomic E-state index is 0.0217. The molecule has 1 atom stereocenters. The van der Waals surface area contributed by atoms with Crippen LogP contribution in [-0.4, -0.2) is 6.61 Å². The molecule has 2 aromatic carbocycles. The highest BCUT2D eigenvalue weighted by Crippen LogP contribution is 2.30. The summed E-state index contributed by atoms with van der Waals surface area (Å²) in [5.41, 5.74) is 1.35. The van der Waals surface area contributed by atoms with E-state index in [9.17, 15) is 5.11 Å². The van der Waals surface area contributed by atoms with Crippen LogP contribution in [0.4, 0.5) is 0 Å². The fraction of sp³-hybridized carbons (Fsp3) is 0.375. The van der Waals surface area contributed by atoms with Crippen molar-refractivity contribution in [2.75, 3.05) is 6.61 Å². The van der Waals surface area contributed by atoms with Crippen molar-refractivity contribution >= 4 is 10.8 Å². The van der Waals surface area contributed by atoms with Crippen LogP contribution >= 0.6 is 0 Å². The second-order valence-electron chi connectivity index (χ2n) is 4.55. The zero-order valence-electron chi connectivity index (χ0n) is 10.4. The third-order valence-electron chi connectivity index (χ3n) is 3.37. The molecule has 0 aliphatic rings. The zero-order valence-corrected chi connectivity index (χ0v) is 10.4. The average molecular weight is 227 g/mol. The SMILES string of the molecule is CCCC(CC[O])c1cccc2ccccc12. The van der Waals surface area contributed by atoms with Gasteiger partial charge in [0.1, 0.15) is 0 Å². The Labute approximate surface area is 103 Å². The fourth-order valence-electron chi connectivity index (χ4n) is 2.55. The van der Waals surface area contributed by atoms with Crippen molar-refractivity contribution in [1.82, 2.24) is 0 Å². The van der Waals surface area contributed by atoms with E-state index >= 15 is 0 Å². The minimum atomic E-state index is 0.0217. The molecule has 0 N–H and O–H groups in total. The molecular weight excluding hydrogens is 208 g/mol. The summed E-state index contributed by atoms with van der Waals surface area (Å²) in [7, 11) is 0. The van der Waals surface area contributed by atoms with Gasteiger partial charge in [0.25, 0.3) is 0 Å². The van der Waals surface area contributed by atoms with Crippen molar-refractivity contribution in [3.63, 3.8) is 0 Å². The van der Waals surface area contributed by atoms with Gasteiger partial charge < -0.3 is 0 Å². The van der Waals surface area contributed by atoms with Crippen molar-refractivity contribution in [2.45, 2.75) is 32.1 Å². The van der Waals surface area contributed by atoms with Crippen LogP contribution in [0, 0.1) is 0 Å². The molecule has 1 radical (unpaired) electrons. The van der Waals surface area contributed by atoms with Crippen LogP contribution in [0.2, 0.25) is 0 Å². The maximum absolute atomic E-state index is 10.9. The molecule has 89 valence electrons. The maximum atomic E-state index is 10.9. The van der Waals surface area contributed by atoms with Gasteiger partial charge in [-0.2, -0.15) is 0 Å². The van der Waals surface area contributed by atoms with Crippen molar-refractivity contribution < 1.29 is 5.11 Å². The van der Waals surface area contributed by atoms with Crippen molar-refractivity contribution in [3.8, 4) is 0 Å². The van der Waals surface area contributed by atoms with E-state index in [0.717, 1.165) is 19.3 Å². The van der Waals surface area contributed by atoms with Crippen LogP contribution in [0.1, 0.15) is 37.7 Å². The van der Waals surface area contributed by atoms with Crippen LogP contribution in [0.15, 0.2) is 42.5 Å². The van der Waals surface area contributed by atoms with Crippen molar-refractivity contribution in [3.05, 3.63) is 48.0 Å². The van der Waals surface area contributed by atoms with Gasteiger partial charge in [-0.3, -0.25) is 0 Å². The molecule has 0 aliphatic carbocycles. The van der Waals surface area contributed by atoms with Crippen molar-refractivity contribution in [2.24, 2.45) is 0 Å². The van der Waals surface area contributed by atoms with Gasteiger partial charge in [-0.05, 0) is 35.1 Å². The Morgan fingerprint density at radius 2 is 1.76 bits per heavy atom. The summed E-state index contributed by atoms with van der Waals surface area (Å²) in [5, 5.41) is 13.5. The quantitative estimate of drug-likeness (QED) is 0.714. The Bertz CT molecular complexity index is 464. The molecule has 0 heterocycles. The number of hydrogen-bond donors (Lipinski definition) is 0. The van der Waals surface area contributed by atoms with E-state index in [1.54, 1.807) is 0 Å². The molecule has 2 aromatic rings. The van der Waals surface area contributed by atoms with E-state index < -0.39 is 0 Å². The zero-order chi connectivity index (χ0) is 12.1. The molecule has 17 heavy (non-hydrogen) atoms. The van der Waals surface area contributed by atoms with Gasteiger partial charge in [-0.15, -0.1) is 0 Å². The van der Waals surface area contributed by atoms with Crippen LogP contribution < -0.4 is 0 Å². The van der Waals surface area contributed by atoms with E-state index in [0.29, 0.717) is 5.92 Å². The first-order chi connectivity index (χ1) is 8.36. The lowest BCUT2D eigenvalue weighted by Gasteiger charge is -2.17. The first-order valence-corrected chi connectivity index (χ1v) is 6.42.